The number of hydrogen-bond acceptors (Lipinski definition) is 2. The molecule has 0 rings (SSSR count). The van der Waals surface area contributed by atoms with Gasteiger partial charge in [0.2, 0.25) is 0 Å². The molecule has 0 amide bonds. The maximum absolute atomic E-state index is 4.62. The second kappa shape index (κ2) is 3.39. The molecular formula is C3H6INO. The summed E-state index contributed by atoms with van der Waals surface area (Å²) in [6.07, 6.45) is 0. The van der Waals surface area contributed by atoms with Crippen LogP contribution in [0.4, 0.5) is 0 Å². The van der Waals surface area contributed by atoms with Gasteiger partial charge in [0, 0.05) is 14.0 Å². The fraction of sp³-hybridized carbons (Fsp3) is 0.667. The molecule has 3 heteroatoms. The smallest absolute Gasteiger partial charge is 0.194 e. The lowest BCUT2D eigenvalue weighted by Crippen LogP contribution is -1.84. The first-order valence-electron chi connectivity index (χ1n) is 1.53. The number of aliphatic imine (C=N–C) groups is 1. The minimum atomic E-state index is 0.704. The van der Waals surface area contributed by atoms with Gasteiger partial charge in [0.05, 0.1) is 0 Å². The molecular weight excluding hydrogens is 193 g/mol. The van der Waals surface area contributed by atoms with Crippen LogP contribution in [0.3, 0.4) is 0 Å². The summed E-state index contributed by atoms with van der Waals surface area (Å²) < 4.78 is 4.62. The zero-order valence-electron chi connectivity index (χ0n) is 3.73. The van der Waals surface area contributed by atoms with Crippen molar-refractivity contribution in [2.24, 2.45) is 4.99 Å². The van der Waals surface area contributed by atoms with E-state index >= 15 is 0 Å². The minimum Gasteiger partial charge on any atom is -0.413 e. The average Bonchev–Trinajstić information content (AvgIpc) is 1.65. The van der Waals surface area contributed by atoms with E-state index < -0.39 is 0 Å². The number of hydrogen-bond donors (Lipinski definition) is 0. The Kier molecular flexibility index (Phi) is 3.51. The van der Waals surface area contributed by atoms with Gasteiger partial charge in [-0.1, -0.05) is 0 Å². The molecule has 0 radical (unpaired) electrons. The molecule has 0 bridgehead atoms. The van der Waals surface area contributed by atoms with E-state index in [1.165, 1.54) is 0 Å². The van der Waals surface area contributed by atoms with Crippen molar-refractivity contribution in [1.29, 1.82) is 0 Å². The predicted molar refractivity (Wildman–Crippen MR) is 34.1 cm³/mol. The summed E-state index contributed by atoms with van der Waals surface area (Å²) in [5, 5.41) is 0. The molecule has 0 unspecified atom stereocenters. The third-order valence-electron chi connectivity index (χ3n) is 0.427. The lowest BCUT2D eigenvalue weighted by atomic mass is 10.8. The molecule has 0 aliphatic carbocycles. The van der Waals surface area contributed by atoms with Crippen LogP contribution in [0.1, 0.15) is 6.92 Å². The Balaban J connectivity index is 3.22. The van der Waals surface area contributed by atoms with Crippen LogP contribution >= 0.6 is 23.0 Å². The van der Waals surface area contributed by atoms with E-state index in [4.69, 9.17) is 0 Å². The molecule has 0 spiro atoms. The highest BCUT2D eigenvalue weighted by atomic mass is 127. The zero-order valence-corrected chi connectivity index (χ0v) is 5.89. The second-order valence-electron chi connectivity index (χ2n) is 0.820. The topological polar surface area (TPSA) is 21.6 Å². The van der Waals surface area contributed by atoms with Crippen molar-refractivity contribution < 1.29 is 3.07 Å². The quantitative estimate of drug-likeness (QED) is 0.328. The molecule has 0 heterocycles. The van der Waals surface area contributed by atoms with Crippen LogP contribution in [0.15, 0.2) is 4.99 Å². The summed E-state index contributed by atoms with van der Waals surface area (Å²) in [5.74, 6) is 0.704. The van der Waals surface area contributed by atoms with E-state index in [1.807, 2.05) is 0 Å². The van der Waals surface area contributed by atoms with E-state index in [1.54, 1.807) is 37.0 Å². The highest BCUT2D eigenvalue weighted by Gasteiger charge is 1.76. The molecule has 0 aliphatic rings. The van der Waals surface area contributed by atoms with Crippen molar-refractivity contribution in [2.45, 2.75) is 6.92 Å². The first-order chi connectivity index (χ1) is 2.81. The molecule has 0 saturated carbocycles. The third kappa shape index (κ3) is 2.44. The molecule has 0 aromatic heterocycles. The first-order valence-corrected chi connectivity index (χ1v) is 2.41. The summed E-state index contributed by atoms with van der Waals surface area (Å²) in [4.78, 5) is 3.69. The van der Waals surface area contributed by atoms with Gasteiger partial charge >= 0.3 is 0 Å². The Labute approximate surface area is 51.3 Å². The van der Waals surface area contributed by atoms with Crippen LogP contribution in [-0.4, -0.2) is 12.9 Å². The Morgan fingerprint density at radius 1 is 1.83 bits per heavy atom. The van der Waals surface area contributed by atoms with E-state index in [0.29, 0.717) is 5.90 Å². The van der Waals surface area contributed by atoms with Crippen LogP contribution in [-0.2, 0) is 3.07 Å². The standard InChI is InChI=1S/C3H6INO/c1-3(5-2)6-4/h1-2H3/b5-3+. The van der Waals surface area contributed by atoms with Gasteiger partial charge in [0.1, 0.15) is 0 Å². The Bertz CT molecular complexity index is 61.8. The lowest BCUT2D eigenvalue weighted by molar-refractivity contribution is 0.710. The van der Waals surface area contributed by atoms with E-state index in [2.05, 4.69) is 8.06 Å². The molecule has 2 nitrogen and oxygen atoms in total. The first kappa shape index (κ1) is 6.20. The van der Waals surface area contributed by atoms with Gasteiger partial charge < -0.3 is 3.07 Å². The van der Waals surface area contributed by atoms with Crippen molar-refractivity contribution in [3.8, 4) is 0 Å². The van der Waals surface area contributed by atoms with Gasteiger partial charge in [0.25, 0.3) is 0 Å². The fourth-order valence-corrected chi connectivity index (χ4v) is 0.231. The third-order valence-corrected chi connectivity index (χ3v) is 1.06. The fourth-order valence-electron chi connectivity index (χ4n) is 0.0345. The lowest BCUT2D eigenvalue weighted by Gasteiger charge is -1.86. The van der Waals surface area contributed by atoms with Gasteiger partial charge in [-0.2, -0.15) is 0 Å². The van der Waals surface area contributed by atoms with Gasteiger partial charge in [-0.3, -0.25) is 4.99 Å². The van der Waals surface area contributed by atoms with E-state index in [9.17, 15) is 0 Å². The van der Waals surface area contributed by atoms with Crippen molar-refractivity contribution >= 4 is 28.9 Å². The molecule has 0 fully saturated rings. The Morgan fingerprint density at radius 3 is 2.33 bits per heavy atom. The van der Waals surface area contributed by atoms with Crippen LogP contribution in [0.25, 0.3) is 0 Å². The van der Waals surface area contributed by atoms with Gasteiger partial charge in [-0.05, 0) is 0 Å². The van der Waals surface area contributed by atoms with E-state index in [0.717, 1.165) is 0 Å². The van der Waals surface area contributed by atoms with Gasteiger partial charge in [-0.15, -0.1) is 0 Å². The maximum Gasteiger partial charge on any atom is 0.194 e. The highest BCUT2D eigenvalue weighted by Crippen LogP contribution is 1.86. The highest BCUT2D eigenvalue weighted by molar-refractivity contribution is 14.1. The van der Waals surface area contributed by atoms with Gasteiger partial charge in [0.15, 0.2) is 28.9 Å². The molecule has 6 heavy (non-hydrogen) atoms. The summed E-state index contributed by atoms with van der Waals surface area (Å²) in [7, 11) is 1.69. The largest absolute Gasteiger partial charge is 0.413 e. The maximum atomic E-state index is 4.62. The monoisotopic (exact) mass is 199 g/mol. The van der Waals surface area contributed by atoms with Crippen LogP contribution in [0.5, 0.6) is 0 Å². The van der Waals surface area contributed by atoms with Crippen molar-refractivity contribution in [1.82, 2.24) is 0 Å². The minimum absolute atomic E-state index is 0.704. The molecule has 0 saturated heterocycles. The van der Waals surface area contributed by atoms with Crippen molar-refractivity contribution in [3.63, 3.8) is 0 Å². The number of rotatable bonds is 0. The summed E-state index contributed by atoms with van der Waals surface area (Å²) in [6, 6.07) is 0. The summed E-state index contributed by atoms with van der Waals surface area (Å²) in [6.45, 7) is 1.80. The Hall–Kier alpha value is 0.200. The number of nitrogens with zero attached hydrogens (tertiary/aromatic N) is 1. The summed E-state index contributed by atoms with van der Waals surface area (Å²) >= 11 is 1.78. The zero-order chi connectivity index (χ0) is 4.99. The SMILES string of the molecule is C/N=C(\C)OI. The molecule has 36 valence electrons. The van der Waals surface area contributed by atoms with Crippen LogP contribution < -0.4 is 0 Å². The second-order valence-corrected chi connectivity index (χ2v) is 1.26. The molecule has 0 N–H and O–H groups in total. The van der Waals surface area contributed by atoms with Crippen molar-refractivity contribution in [2.75, 3.05) is 7.05 Å². The molecule has 0 aliphatic heterocycles. The van der Waals surface area contributed by atoms with Crippen LogP contribution in [0, 0.1) is 0 Å². The predicted octanol–water partition coefficient (Wildman–Crippen LogP) is 1.40. The van der Waals surface area contributed by atoms with Crippen LogP contribution in [0.2, 0.25) is 0 Å². The Morgan fingerprint density at radius 2 is 2.33 bits per heavy atom. The molecule has 0 atom stereocenters. The molecule has 0 aromatic carbocycles. The van der Waals surface area contributed by atoms with Crippen molar-refractivity contribution in [3.05, 3.63) is 0 Å². The normalized spacial score (nSPS) is 11.5. The number of halogens is 1. The van der Waals surface area contributed by atoms with E-state index in [-0.39, 0.29) is 0 Å². The average molecular weight is 199 g/mol. The van der Waals surface area contributed by atoms with Gasteiger partial charge in [-0.25, -0.2) is 0 Å². The molecule has 0 aromatic rings. The summed E-state index contributed by atoms with van der Waals surface area (Å²) in [5.41, 5.74) is 0.